The van der Waals surface area contributed by atoms with Gasteiger partial charge < -0.3 is 16.4 Å². The molecule has 24 heavy (non-hydrogen) atoms. The molecule has 132 valence electrons. The predicted molar refractivity (Wildman–Crippen MR) is 96.7 cm³/mol. The molecule has 0 bridgehead atoms. The first-order chi connectivity index (χ1) is 11.2. The molecule has 1 aliphatic rings. The van der Waals surface area contributed by atoms with E-state index in [1.165, 1.54) is 0 Å². The Morgan fingerprint density at radius 2 is 1.88 bits per heavy atom. The van der Waals surface area contributed by atoms with Gasteiger partial charge in [-0.15, -0.1) is 0 Å². The van der Waals surface area contributed by atoms with Gasteiger partial charge in [0.2, 0.25) is 5.91 Å². The third kappa shape index (κ3) is 4.81. The zero-order valence-electron chi connectivity index (χ0n) is 15.1. The molecular formula is C19H29N3O2. The summed E-state index contributed by atoms with van der Waals surface area (Å²) in [6.07, 6.45) is 1.78. The molecule has 5 heteroatoms. The third-order valence-corrected chi connectivity index (χ3v) is 4.59. The lowest BCUT2D eigenvalue weighted by Crippen LogP contribution is -2.52. The quantitative estimate of drug-likeness (QED) is 0.718. The summed E-state index contributed by atoms with van der Waals surface area (Å²) in [7, 11) is 0. The number of nitrogens with two attached hydrogens (primary N) is 1. The maximum Gasteiger partial charge on any atom is 0.251 e. The predicted octanol–water partition coefficient (Wildman–Crippen LogP) is 2.77. The zero-order valence-corrected chi connectivity index (χ0v) is 15.1. The number of hydrogen-bond acceptors (Lipinski definition) is 3. The fourth-order valence-electron chi connectivity index (χ4n) is 3.06. The van der Waals surface area contributed by atoms with Crippen LogP contribution >= 0.6 is 0 Å². The molecule has 1 fully saturated rings. The second kappa shape index (κ2) is 7.34. The summed E-state index contributed by atoms with van der Waals surface area (Å²) in [6, 6.07) is 6.99. The number of hydrogen-bond donors (Lipinski definition) is 3. The highest BCUT2D eigenvalue weighted by molar-refractivity contribution is 5.97. The second-order valence-electron chi connectivity index (χ2n) is 7.70. The molecule has 0 aromatic heterocycles. The Hall–Kier alpha value is -1.88. The van der Waals surface area contributed by atoms with Gasteiger partial charge in [-0.2, -0.15) is 0 Å². The number of nitrogens with one attached hydrogen (secondary N) is 2. The van der Waals surface area contributed by atoms with Crippen molar-refractivity contribution in [3.8, 4) is 0 Å². The van der Waals surface area contributed by atoms with Gasteiger partial charge in [0.1, 0.15) is 0 Å². The van der Waals surface area contributed by atoms with Crippen LogP contribution in [0.25, 0.3) is 0 Å². The maximum atomic E-state index is 12.4. The zero-order chi connectivity index (χ0) is 17.9. The van der Waals surface area contributed by atoms with E-state index in [0.29, 0.717) is 23.9 Å². The molecule has 1 aliphatic carbocycles. The van der Waals surface area contributed by atoms with Crippen molar-refractivity contribution in [2.24, 2.45) is 23.5 Å². The number of carbonyl (C=O) groups is 2. The first kappa shape index (κ1) is 18.5. The molecule has 0 heterocycles. The molecule has 4 N–H and O–H groups in total. The van der Waals surface area contributed by atoms with Crippen molar-refractivity contribution in [3.05, 3.63) is 29.8 Å². The van der Waals surface area contributed by atoms with E-state index in [2.05, 4.69) is 31.4 Å². The van der Waals surface area contributed by atoms with Crippen molar-refractivity contribution in [2.45, 2.75) is 46.1 Å². The van der Waals surface area contributed by atoms with E-state index in [1.807, 2.05) is 6.92 Å². The van der Waals surface area contributed by atoms with Gasteiger partial charge in [-0.3, -0.25) is 9.59 Å². The van der Waals surface area contributed by atoms with E-state index in [0.717, 1.165) is 18.5 Å². The average Bonchev–Trinajstić information content (AvgIpc) is 3.24. The Balaban J connectivity index is 1.96. The maximum absolute atomic E-state index is 12.4. The smallest absolute Gasteiger partial charge is 0.251 e. The minimum absolute atomic E-state index is 0.0624. The van der Waals surface area contributed by atoms with Gasteiger partial charge in [0, 0.05) is 29.3 Å². The minimum atomic E-state index is -0.416. The first-order valence-corrected chi connectivity index (χ1v) is 8.67. The van der Waals surface area contributed by atoms with Crippen LogP contribution in [0.1, 0.15) is 50.9 Å². The van der Waals surface area contributed by atoms with Gasteiger partial charge in [-0.1, -0.05) is 20.8 Å². The van der Waals surface area contributed by atoms with E-state index in [-0.39, 0.29) is 17.7 Å². The average molecular weight is 331 g/mol. The van der Waals surface area contributed by atoms with Crippen LogP contribution in [-0.2, 0) is 4.79 Å². The fraction of sp³-hybridized carbons (Fsp3) is 0.579. The van der Waals surface area contributed by atoms with Gasteiger partial charge >= 0.3 is 0 Å². The van der Waals surface area contributed by atoms with Gasteiger partial charge in [0.05, 0.1) is 0 Å². The standard InChI is InChI=1S/C19H29N3O2/c1-12(2)10-19(4,11-20)22-17(23)14-5-7-15(8-6-14)21-18(24)16-9-13(16)3/h5-8,12-13,16H,9-11,20H2,1-4H3,(H,21,24)(H,22,23). The van der Waals surface area contributed by atoms with Crippen LogP contribution in [0.2, 0.25) is 0 Å². The van der Waals surface area contributed by atoms with Crippen LogP contribution in [0, 0.1) is 17.8 Å². The van der Waals surface area contributed by atoms with Gasteiger partial charge in [-0.05, 0) is 55.9 Å². The van der Waals surface area contributed by atoms with E-state index in [9.17, 15) is 9.59 Å². The van der Waals surface area contributed by atoms with Crippen molar-refractivity contribution >= 4 is 17.5 Å². The summed E-state index contributed by atoms with van der Waals surface area (Å²) in [4.78, 5) is 24.4. The van der Waals surface area contributed by atoms with Crippen molar-refractivity contribution in [1.29, 1.82) is 0 Å². The molecule has 0 radical (unpaired) electrons. The van der Waals surface area contributed by atoms with Crippen LogP contribution in [0.3, 0.4) is 0 Å². The Labute approximate surface area is 144 Å². The highest BCUT2D eigenvalue weighted by Gasteiger charge is 2.39. The summed E-state index contributed by atoms with van der Waals surface area (Å²) in [5.74, 6) is 0.977. The highest BCUT2D eigenvalue weighted by Crippen LogP contribution is 2.38. The summed E-state index contributed by atoms with van der Waals surface area (Å²) < 4.78 is 0. The summed E-state index contributed by atoms with van der Waals surface area (Å²) in [5.41, 5.74) is 6.72. The summed E-state index contributed by atoms with van der Waals surface area (Å²) in [6.45, 7) is 8.65. The summed E-state index contributed by atoms with van der Waals surface area (Å²) >= 11 is 0. The monoisotopic (exact) mass is 331 g/mol. The molecule has 2 amide bonds. The van der Waals surface area contributed by atoms with E-state index >= 15 is 0 Å². The lowest BCUT2D eigenvalue weighted by Gasteiger charge is -2.31. The van der Waals surface area contributed by atoms with Gasteiger partial charge in [0.25, 0.3) is 5.91 Å². The van der Waals surface area contributed by atoms with Crippen molar-refractivity contribution in [1.82, 2.24) is 5.32 Å². The minimum Gasteiger partial charge on any atom is -0.346 e. The molecule has 3 atom stereocenters. The highest BCUT2D eigenvalue weighted by atomic mass is 16.2. The lowest BCUT2D eigenvalue weighted by atomic mass is 9.90. The van der Waals surface area contributed by atoms with Crippen molar-refractivity contribution in [3.63, 3.8) is 0 Å². The normalized spacial score (nSPS) is 21.9. The molecule has 1 saturated carbocycles. The van der Waals surface area contributed by atoms with Crippen LogP contribution in [0.4, 0.5) is 5.69 Å². The Morgan fingerprint density at radius 3 is 2.33 bits per heavy atom. The molecular weight excluding hydrogens is 302 g/mol. The van der Waals surface area contributed by atoms with E-state index < -0.39 is 5.54 Å². The second-order valence-corrected chi connectivity index (χ2v) is 7.70. The first-order valence-electron chi connectivity index (χ1n) is 8.67. The molecule has 5 nitrogen and oxygen atoms in total. The Morgan fingerprint density at radius 1 is 1.29 bits per heavy atom. The number of anilines is 1. The number of amides is 2. The SMILES string of the molecule is CC(C)CC(C)(CN)NC(=O)c1ccc(NC(=O)C2CC2C)cc1. The molecule has 0 saturated heterocycles. The molecule has 3 unspecified atom stereocenters. The third-order valence-electron chi connectivity index (χ3n) is 4.59. The van der Waals surface area contributed by atoms with E-state index in [1.54, 1.807) is 24.3 Å². The lowest BCUT2D eigenvalue weighted by molar-refractivity contribution is -0.117. The fourth-order valence-corrected chi connectivity index (χ4v) is 3.06. The topological polar surface area (TPSA) is 84.2 Å². The Kier molecular flexibility index (Phi) is 5.65. The van der Waals surface area contributed by atoms with Crippen LogP contribution in [0.5, 0.6) is 0 Å². The van der Waals surface area contributed by atoms with Gasteiger partial charge in [-0.25, -0.2) is 0 Å². The number of benzene rings is 1. The van der Waals surface area contributed by atoms with Crippen molar-refractivity contribution in [2.75, 3.05) is 11.9 Å². The summed E-state index contributed by atoms with van der Waals surface area (Å²) in [5, 5.41) is 5.93. The van der Waals surface area contributed by atoms with Gasteiger partial charge in [0.15, 0.2) is 0 Å². The largest absolute Gasteiger partial charge is 0.346 e. The molecule has 2 rings (SSSR count). The van der Waals surface area contributed by atoms with Crippen LogP contribution in [-0.4, -0.2) is 23.9 Å². The molecule has 0 spiro atoms. The van der Waals surface area contributed by atoms with Crippen LogP contribution in [0.15, 0.2) is 24.3 Å². The number of rotatable bonds is 7. The Bertz CT molecular complexity index is 597. The molecule has 1 aromatic carbocycles. The number of carbonyl (C=O) groups excluding carboxylic acids is 2. The molecule has 1 aromatic rings. The van der Waals surface area contributed by atoms with E-state index in [4.69, 9.17) is 5.73 Å². The molecule has 0 aliphatic heterocycles. The van der Waals surface area contributed by atoms with Crippen molar-refractivity contribution < 1.29 is 9.59 Å². The van der Waals surface area contributed by atoms with Crippen LogP contribution < -0.4 is 16.4 Å².